The summed E-state index contributed by atoms with van der Waals surface area (Å²) in [6, 6.07) is 17.4. The zero-order valence-corrected chi connectivity index (χ0v) is 19.4. The number of hydrogen-bond acceptors (Lipinski definition) is 3. The zero-order valence-electron chi connectivity index (χ0n) is 18.6. The lowest BCUT2D eigenvalue weighted by atomic mass is 9.93. The molecular formula is C28H27NO2S. The summed E-state index contributed by atoms with van der Waals surface area (Å²) in [4.78, 5) is 12.9. The number of para-hydroxylation sites is 1. The van der Waals surface area contributed by atoms with Gasteiger partial charge in [0, 0.05) is 43.2 Å². The fourth-order valence-electron chi connectivity index (χ4n) is 5.23. The monoisotopic (exact) mass is 441 g/mol. The molecule has 0 saturated carbocycles. The molecule has 1 aliphatic carbocycles. The summed E-state index contributed by atoms with van der Waals surface area (Å²) in [5.74, 6) is -0.375. The number of aromatic nitrogens is 1. The fourth-order valence-corrected chi connectivity index (χ4v) is 6.33. The molecule has 0 fully saturated rings. The van der Waals surface area contributed by atoms with Crippen molar-refractivity contribution in [1.29, 1.82) is 0 Å². The maximum absolute atomic E-state index is 11.5. The van der Waals surface area contributed by atoms with Gasteiger partial charge in [0.1, 0.15) is 6.61 Å². The minimum absolute atomic E-state index is 0.337. The predicted octanol–water partition coefficient (Wildman–Crippen LogP) is 7.30. The third kappa shape index (κ3) is 3.39. The summed E-state index contributed by atoms with van der Waals surface area (Å²) in [5.41, 5.74) is 8.22. The number of fused-ring (bicyclic) bond motifs is 2. The first-order valence-corrected chi connectivity index (χ1v) is 12.0. The molecule has 4 aromatic rings. The first-order valence-electron chi connectivity index (χ1n) is 11.2. The van der Waals surface area contributed by atoms with Gasteiger partial charge in [-0.3, -0.25) is 0 Å². The van der Waals surface area contributed by atoms with Gasteiger partial charge >= 0.3 is 5.97 Å². The zero-order chi connectivity index (χ0) is 22.2. The maximum atomic E-state index is 11.5. The summed E-state index contributed by atoms with van der Waals surface area (Å²) in [6.07, 6.45) is 4.62. The third-order valence-corrected chi connectivity index (χ3v) is 7.64. The smallest absolute Gasteiger partial charge is 0.330 e. The number of aryl methyl sites for hydroxylation is 1. The van der Waals surface area contributed by atoms with Crippen LogP contribution < -0.4 is 0 Å². The summed E-state index contributed by atoms with van der Waals surface area (Å²) < 4.78 is 8.95. The van der Waals surface area contributed by atoms with E-state index in [1.807, 2.05) is 11.3 Å². The van der Waals surface area contributed by atoms with Crippen LogP contribution in [-0.4, -0.2) is 17.1 Å². The van der Waals surface area contributed by atoms with Gasteiger partial charge < -0.3 is 9.30 Å². The van der Waals surface area contributed by atoms with Crippen LogP contribution in [0, 0.1) is 13.8 Å². The number of thiophene rings is 1. The number of carbonyl (C=O) groups is 1. The lowest BCUT2D eigenvalue weighted by molar-refractivity contribution is -0.137. The molecular weight excluding hydrogens is 414 g/mol. The van der Waals surface area contributed by atoms with Gasteiger partial charge in [-0.15, -0.1) is 11.3 Å². The van der Waals surface area contributed by atoms with Crippen molar-refractivity contribution >= 4 is 49.4 Å². The SMILES string of the molecule is C=CC(=O)OCCn1c(C)c(C2=C(c3c(C)sc4ccccc34)CCC2)c2ccccc21. The Kier molecular flexibility index (Phi) is 5.48. The molecule has 0 atom stereocenters. The minimum Gasteiger partial charge on any atom is -0.461 e. The number of ether oxygens (including phenoxy) is 1. The van der Waals surface area contributed by atoms with E-state index in [9.17, 15) is 4.79 Å². The van der Waals surface area contributed by atoms with E-state index in [0.29, 0.717) is 13.2 Å². The molecule has 0 N–H and O–H groups in total. The topological polar surface area (TPSA) is 31.2 Å². The van der Waals surface area contributed by atoms with E-state index in [-0.39, 0.29) is 5.97 Å². The fraction of sp³-hybridized carbons (Fsp3) is 0.250. The average Bonchev–Trinajstić information content (AvgIpc) is 3.47. The molecule has 0 amide bonds. The van der Waals surface area contributed by atoms with Crippen LogP contribution in [-0.2, 0) is 16.1 Å². The van der Waals surface area contributed by atoms with Crippen molar-refractivity contribution in [2.24, 2.45) is 0 Å². The summed E-state index contributed by atoms with van der Waals surface area (Å²) in [5, 5.41) is 2.66. The van der Waals surface area contributed by atoms with Crippen molar-refractivity contribution in [2.75, 3.05) is 6.61 Å². The van der Waals surface area contributed by atoms with Crippen LogP contribution in [0.25, 0.3) is 32.1 Å². The van der Waals surface area contributed by atoms with Gasteiger partial charge in [0.05, 0.1) is 6.54 Å². The van der Waals surface area contributed by atoms with Gasteiger partial charge in [-0.2, -0.15) is 0 Å². The Balaban J connectivity index is 1.67. The molecule has 0 spiro atoms. The van der Waals surface area contributed by atoms with Crippen molar-refractivity contribution in [3.63, 3.8) is 0 Å². The van der Waals surface area contributed by atoms with Gasteiger partial charge in [0.15, 0.2) is 0 Å². The van der Waals surface area contributed by atoms with E-state index in [0.717, 1.165) is 12.8 Å². The Morgan fingerprint density at radius 3 is 2.50 bits per heavy atom. The number of carbonyl (C=O) groups excluding carboxylic acids is 1. The number of rotatable bonds is 6. The Morgan fingerprint density at radius 1 is 1.03 bits per heavy atom. The highest BCUT2D eigenvalue weighted by atomic mass is 32.1. The largest absolute Gasteiger partial charge is 0.461 e. The molecule has 162 valence electrons. The van der Waals surface area contributed by atoms with Crippen molar-refractivity contribution in [3.8, 4) is 0 Å². The lowest BCUT2D eigenvalue weighted by Gasteiger charge is -2.12. The van der Waals surface area contributed by atoms with Gasteiger partial charge in [-0.25, -0.2) is 4.79 Å². The van der Waals surface area contributed by atoms with Crippen LogP contribution in [0.3, 0.4) is 0 Å². The maximum Gasteiger partial charge on any atom is 0.330 e. The van der Waals surface area contributed by atoms with Crippen molar-refractivity contribution < 1.29 is 9.53 Å². The van der Waals surface area contributed by atoms with Crippen LogP contribution in [0.4, 0.5) is 0 Å². The molecule has 0 unspecified atom stereocenters. The quantitative estimate of drug-likeness (QED) is 0.232. The molecule has 3 nitrogen and oxygen atoms in total. The second kappa shape index (κ2) is 8.44. The number of nitrogens with zero attached hydrogens (tertiary/aromatic N) is 1. The Bertz CT molecular complexity index is 1390. The molecule has 0 aliphatic heterocycles. The van der Waals surface area contributed by atoms with E-state index in [1.54, 1.807) is 0 Å². The molecule has 0 bridgehead atoms. The van der Waals surface area contributed by atoms with E-state index in [1.165, 1.54) is 66.3 Å². The molecule has 4 heteroatoms. The highest BCUT2D eigenvalue weighted by Gasteiger charge is 2.26. The molecule has 0 radical (unpaired) electrons. The van der Waals surface area contributed by atoms with Crippen LogP contribution in [0.2, 0.25) is 0 Å². The minimum atomic E-state index is -0.375. The van der Waals surface area contributed by atoms with E-state index >= 15 is 0 Å². The van der Waals surface area contributed by atoms with E-state index < -0.39 is 0 Å². The number of benzene rings is 2. The highest BCUT2D eigenvalue weighted by Crippen LogP contribution is 2.48. The summed E-state index contributed by atoms with van der Waals surface area (Å²) in [6.45, 7) is 8.91. The van der Waals surface area contributed by atoms with Gasteiger partial charge in [-0.1, -0.05) is 43.0 Å². The number of allylic oxidation sites excluding steroid dienone is 2. The summed E-state index contributed by atoms with van der Waals surface area (Å²) in [7, 11) is 0. The van der Waals surface area contributed by atoms with Crippen LogP contribution in [0.1, 0.15) is 41.0 Å². The number of esters is 1. The van der Waals surface area contributed by atoms with Gasteiger partial charge in [-0.05, 0) is 62.0 Å². The number of hydrogen-bond donors (Lipinski definition) is 0. The van der Waals surface area contributed by atoms with E-state index in [2.05, 4.69) is 73.5 Å². The van der Waals surface area contributed by atoms with Crippen molar-refractivity contribution in [2.45, 2.75) is 39.7 Å². The molecule has 2 heterocycles. The second-order valence-electron chi connectivity index (χ2n) is 8.34. The normalized spacial score (nSPS) is 13.9. The van der Waals surface area contributed by atoms with Crippen molar-refractivity contribution in [1.82, 2.24) is 4.57 Å². The molecule has 2 aromatic heterocycles. The molecule has 32 heavy (non-hydrogen) atoms. The molecule has 0 saturated heterocycles. The van der Waals surface area contributed by atoms with Crippen LogP contribution in [0.5, 0.6) is 0 Å². The third-order valence-electron chi connectivity index (χ3n) is 6.55. The first kappa shape index (κ1) is 20.8. The Hall–Kier alpha value is -3.11. The van der Waals surface area contributed by atoms with Crippen LogP contribution >= 0.6 is 11.3 Å². The van der Waals surface area contributed by atoms with Crippen LogP contribution in [0.15, 0.2) is 61.2 Å². The summed E-state index contributed by atoms with van der Waals surface area (Å²) >= 11 is 1.90. The van der Waals surface area contributed by atoms with E-state index in [4.69, 9.17) is 4.74 Å². The second-order valence-corrected chi connectivity index (χ2v) is 9.60. The lowest BCUT2D eigenvalue weighted by Crippen LogP contribution is -2.10. The predicted molar refractivity (Wildman–Crippen MR) is 135 cm³/mol. The first-order chi connectivity index (χ1) is 15.6. The Labute approximate surface area is 192 Å². The van der Waals surface area contributed by atoms with Crippen molar-refractivity contribution in [3.05, 3.63) is 82.9 Å². The standard InChI is InChI=1S/C28H27NO2S/c1-4-26(30)31-17-16-29-18(2)27(22-10-5-7-14-24(22)29)20-12-9-13-21(20)28-19(3)32-25-15-8-6-11-23(25)28/h4-8,10-11,14-15H,1,9,12-13,16-17H2,2-3H3. The molecule has 5 rings (SSSR count). The molecule has 2 aromatic carbocycles. The van der Waals surface area contributed by atoms with Gasteiger partial charge in [0.2, 0.25) is 0 Å². The average molecular weight is 442 g/mol. The molecule has 1 aliphatic rings. The van der Waals surface area contributed by atoms with Gasteiger partial charge in [0.25, 0.3) is 0 Å². The highest BCUT2D eigenvalue weighted by molar-refractivity contribution is 7.19. The Morgan fingerprint density at radius 2 is 1.72 bits per heavy atom.